The minimum absolute atomic E-state index is 0.000741. The Morgan fingerprint density at radius 2 is 2.00 bits per heavy atom. The van der Waals surface area contributed by atoms with Gasteiger partial charge in [0, 0.05) is 0 Å². The van der Waals surface area contributed by atoms with Gasteiger partial charge in [-0.1, -0.05) is 0 Å². The van der Waals surface area contributed by atoms with Gasteiger partial charge in [0.2, 0.25) is 0 Å². The van der Waals surface area contributed by atoms with Crippen LogP contribution in [0.3, 0.4) is 0 Å². The zero-order valence-corrected chi connectivity index (χ0v) is 7.90. The molecule has 1 nitrogen and oxygen atoms in total. The Morgan fingerprint density at radius 3 is 2.11 bits per heavy atom. The quantitative estimate of drug-likeness (QED) is 0.315. The molecule has 0 aliphatic heterocycles. The predicted molar refractivity (Wildman–Crippen MR) is 45.7 cm³/mol. The summed E-state index contributed by atoms with van der Waals surface area (Å²) in [6.45, 7) is 1.29. The van der Waals surface area contributed by atoms with Crippen molar-refractivity contribution >= 4 is 23.6 Å². The molecule has 0 unspecified atom stereocenters. The summed E-state index contributed by atoms with van der Waals surface area (Å²) in [6, 6.07) is 0. The van der Waals surface area contributed by atoms with E-state index >= 15 is 0 Å². The number of allylic oxidation sites excluding steroid dienone is 2. The second-order valence-electron chi connectivity index (χ2n) is 1.79. The third kappa shape index (κ3) is 4.57. The average molecular weight is 244 g/mol. The monoisotopic (exact) mass is 244 g/mol. The molecule has 0 aromatic rings. The van der Waals surface area contributed by atoms with Crippen LogP contribution in [0.2, 0.25) is 0 Å². The molecule has 0 fully saturated rings. The molecular formula is C6H10FIO. The number of hydrogen-bond donors (Lipinski definition) is 0. The average Bonchev–Trinajstić information content (AvgIpc) is 1.63. The summed E-state index contributed by atoms with van der Waals surface area (Å²) in [7, 11) is 0. The number of hydrogen-bond acceptors (Lipinski definition) is 1. The molecule has 9 heavy (non-hydrogen) atoms. The van der Waals surface area contributed by atoms with Crippen molar-refractivity contribution in [2.24, 2.45) is 0 Å². The third-order valence-corrected chi connectivity index (χ3v) is 3.12. The molecule has 0 N–H and O–H groups in total. The van der Waals surface area contributed by atoms with Crippen LogP contribution in [0.15, 0.2) is 11.9 Å². The molecule has 0 aromatic heterocycles. The standard InChI is InChI=1S/C6H10FIO/c1-5(7)4-6(9)8(2)3/h4H,1-3H3/b5-4-. The van der Waals surface area contributed by atoms with Crippen LogP contribution < -0.4 is 0 Å². The van der Waals surface area contributed by atoms with Crippen LogP contribution in [0.1, 0.15) is 6.92 Å². The first-order chi connectivity index (χ1) is 4.04. The SMILES string of the molecule is C/C(F)=C/C(=O)I(C)C. The zero-order chi connectivity index (χ0) is 7.44. The van der Waals surface area contributed by atoms with E-state index in [0.29, 0.717) is 0 Å². The van der Waals surface area contributed by atoms with Gasteiger partial charge < -0.3 is 0 Å². The molecular weight excluding hydrogens is 234 g/mol. The third-order valence-electron chi connectivity index (χ3n) is 0.685. The summed E-state index contributed by atoms with van der Waals surface area (Å²) in [4.78, 5) is 14.5. The fraction of sp³-hybridized carbons (Fsp3) is 0.500. The van der Waals surface area contributed by atoms with Crippen molar-refractivity contribution in [1.82, 2.24) is 0 Å². The van der Waals surface area contributed by atoms with Gasteiger partial charge in [-0.3, -0.25) is 0 Å². The van der Waals surface area contributed by atoms with Crippen LogP contribution >= 0.6 is 19.8 Å². The van der Waals surface area contributed by atoms with Crippen molar-refractivity contribution in [1.29, 1.82) is 0 Å². The summed E-state index contributed by atoms with van der Waals surface area (Å²) in [5, 5.41) is 0. The topological polar surface area (TPSA) is 17.1 Å². The zero-order valence-electron chi connectivity index (χ0n) is 5.74. The Bertz CT molecular complexity index is 136. The Hall–Kier alpha value is 0.0700. The van der Waals surface area contributed by atoms with Crippen LogP contribution in [0.5, 0.6) is 0 Å². The Morgan fingerprint density at radius 1 is 1.56 bits per heavy atom. The molecule has 0 aliphatic rings. The Balaban J connectivity index is 3.93. The van der Waals surface area contributed by atoms with E-state index in [1.165, 1.54) is 6.92 Å². The summed E-state index contributed by atoms with van der Waals surface area (Å²) >= 11 is -1.43. The van der Waals surface area contributed by atoms with E-state index < -0.39 is 19.8 Å². The molecule has 0 saturated carbocycles. The molecule has 0 heterocycles. The number of rotatable bonds is 2. The first-order valence-electron chi connectivity index (χ1n) is 2.42. The molecule has 0 aromatic carbocycles. The molecule has 3 heteroatoms. The van der Waals surface area contributed by atoms with Crippen LogP contribution in [0.4, 0.5) is 4.39 Å². The Labute approximate surface area is 61.7 Å². The van der Waals surface area contributed by atoms with Gasteiger partial charge in [0.15, 0.2) is 0 Å². The molecule has 0 aliphatic carbocycles. The van der Waals surface area contributed by atoms with E-state index in [0.717, 1.165) is 6.08 Å². The molecule has 0 bridgehead atoms. The van der Waals surface area contributed by atoms with E-state index in [-0.39, 0.29) is 9.62 Å². The van der Waals surface area contributed by atoms with Crippen molar-refractivity contribution in [2.75, 3.05) is 9.86 Å². The summed E-state index contributed by atoms with van der Waals surface area (Å²) in [6.07, 6.45) is 1.09. The molecule has 54 valence electrons. The Kier molecular flexibility index (Phi) is 4.01. The fourth-order valence-electron chi connectivity index (χ4n) is 0.265. The molecule has 0 atom stereocenters. The second-order valence-corrected chi connectivity index (χ2v) is 7.17. The van der Waals surface area contributed by atoms with E-state index in [1.807, 2.05) is 9.86 Å². The molecule has 0 radical (unpaired) electrons. The van der Waals surface area contributed by atoms with Crippen molar-refractivity contribution in [3.63, 3.8) is 0 Å². The van der Waals surface area contributed by atoms with E-state index in [4.69, 9.17) is 0 Å². The van der Waals surface area contributed by atoms with Crippen molar-refractivity contribution < 1.29 is 9.18 Å². The van der Waals surface area contributed by atoms with Gasteiger partial charge in [0.1, 0.15) is 0 Å². The van der Waals surface area contributed by atoms with Gasteiger partial charge >= 0.3 is 61.5 Å². The first kappa shape index (κ1) is 9.07. The molecule has 0 rings (SSSR count). The summed E-state index contributed by atoms with van der Waals surface area (Å²) in [5.74, 6) is -0.383. The fourth-order valence-corrected chi connectivity index (χ4v) is 1.32. The van der Waals surface area contributed by atoms with Crippen LogP contribution in [-0.4, -0.2) is 13.7 Å². The van der Waals surface area contributed by atoms with Gasteiger partial charge in [-0.25, -0.2) is 0 Å². The van der Waals surface area contributed by atoms with Crippen molar-refractivity contribution in [3.05, 3.63) is 11.9 Å². The minimum atomic E-state index is -1.43. The second kappa shape index (κ2) is 3.98. The number of carbonyl (C=O) groups is 1. The maximum atomic E-state index is 12.0. The van der Waals surface area contributed by atoms with Crippen LogP contribution in [0, 0.1) is 0 Å². The van der Waals surface area contributed by atoms with E-state index in [2.05, 4.69) is 0 Å². The first-order valence-corrected chi connectivity index (χ1v) is 7.81. The molecule has 0 saturated heterocycles. The van der Waals surface area contributed by atoms with E-state index in [1.54, 1.807) is 0 Å². The molecule has 0 amide bonds. The van der Waals surface area contributed by atoms with Crippen LogP contribution in [-0.2, 0) is 4.79 Å². The summed E-state index contributed by atoms with van der Waals surface area (Å²) in [5.41, 5.74) is 0. The van der Waals surface area contributed by atoms with Gasteiger partial charge in [0.05, 0.1) is 0 Å². The number of halogens is 2. The normalized spacial score (nSPS) is 13.3. The van der Waals surface area contributed by atoms with Crippen LogP contribution in [0.25, 0.3) is 0 Å². The van der Waals surface area contributed by atoms with E-state index in [9.17, 15) is 9.18 Å². The van der Waals surface area contributed by atoms with Gasteiger partial charge in [-0.2, -0.15) is 0 Å². The number of carbonyl (C=O) groups excluding carboxylic acids is 1. The van der Waals surface area contributed by atoms with Gasteiger partial charge in [0.25, 0.3) is 0 Å². The van der Waals surface area contributed by atoms with Crippen molar-refractivity contribution in [3.8, 4) is 0 Å². The van der Waals surface area contributed by atoms with Crippen molar-refractivity contribution in [2.45, 2.75) is 6.92 Å². The van der Waals surface area contributed by atoms with Gasteiger partial charge in [-0.15, -0.1) is 0 Å². The molecule has 0 spiro atoms. The number of alkyl halides is 2. The van der Waals surface area contributed by atoms with Gasteiger partial charge in [-0.05, 0) is 0 Å². The maximum absolute atomic E-state index is 12.0. The summed E-state index contributed by atoms with van der Waals surface area (Å²) < 4.78 is 12.0. The predicted octanol–water partition coefficient (Wildman–Crippen LogP) is 2.15.